The van der Waals surface area contributed by atoms with Crippen LogP contribution in [0.4, 0.5) is 0 Å². The van der Waals surface area contributed by atoms with Crippen LogP contribution in [0, 0.1) is 6.92 Å². The number of aromatic nitrogens is 3. The van der Waals surface area contributed by atoms with Crippen molar-refractivity contribution in [3.05, 3.63) is 46.5 Å². The maximum Gasteiger partial charge on any atom is 0.0908 e. The van der Waals surface area contributed by atoms with Gasteiger partial charge in [0.15, 0.2) is 0 Å². The summed E-state index contributed by atoms with van der Waals surface area (Å²) in [4.78, 5) is 4.29. The van der Waals surface area contributed by atoms with Gasteiger partial charge in [-0.15, -0.1) is 0 Å². The maximum absolute atomic E-state index is 6.24. The van der Waals surface area contributed by atoms with Gasteiger partial charge in [0.1, 0.15) is 0 Å². The van der Waals surface area contributed by atoms with Crippen LogP contribution in [0.2, 0.25) is 5.02 Å². The first-order valence-electron chi connectivity index (χ1n) is 6.16. The molecule has 2 aromatic heterocycles. The zero-order valence-corrected chi connectivity index (χ0v) is 12.0. The van der Waals surface area contributed by atoms with Crippen molar-refractivity contribution < 1.29 is 0 Å². The van der Waals surface area contributed by atoms with Crippen molar-refractivity contribution in [1.82, 2.24) is 20.2 Å². The Kier molecular flexibility index (Phi) is 4.19. The molecule has 5 nitrogen and oxygen atoms in total. The SMILES string of the molecule is Cc1ccc(C(NN)c2c(Cl)cnn2C(C)C)cn1. The summed E-state index contributed by atoms with van der Waals surface area (Å²) in [5.74, 6) is 5.69. The number of nitrogens with two attached hydrogens (primary N) is 1. The molecule has 0 saturated carbocycles. The minimum Gasteiger partial charge on any atom is -0.271 e. The van der Waals surface area contributed by atoms with Gasteiger partial charge >= 0.3 is 0 Å². The normalized spacial score (nSPS) is 12.9. The highest BCUT2D eigenvalue weighted by molar-refractivity contribution is 6.31. The molecule has 0 aromatic carbocycles. The second kappa shape index (κ2) is 5.69. The molecule has 2 rings (SSSR count). The third kappa shape index (κ3) is 2.78. The summed E-state index contributed by atoms with van der Waals surface area (Å²) in [6.45, 7) is 6.04. The van der Waals surface area contributed by atoms with Gasteiger partial charge in [0.2, 0.25) is 0 Å². The molecule has 1 atom stereocenters. The molecule has 0 radical (unpaired) electrons. The summed E-state index contributed by atoms with van der Waals surface area (Å²) in [5.41, 5.74) is 5.56. The van der Waals surface area contributed by atoms with E-state index in [1.807, 2.05) is 37.6 Å². The molecule has 0 saturated heterocycles. The predicted molar refractivity (Wildman–Crippen MR) is 75.8 cm³/mol. The Labute approximate surface area is 117 Å². The van der Waals surface area contributed by atoms with Crippen molar-refractivity contribution in [2.75, 3.05) is 0 Å². The van der Waals surface area contributed by atoms with Gasteiger partial charge in [-0.25, -0.2) is 5.43 Å². The number of hydrazine groups is 1. The number of hydrogen-bond acceptors (Lipinski definition) is 4. The second-order valence-corrected chi connectivity index (χ2v) is 5.16. The molecule has 0 bridgehead atoms. The van der Waals surface area contributed by atoms with Crippen LogP contribution in [0.15, 0.2) is 24.5 Å². The van der Waals surface area contributed by atoms with E-state index < -0.39 is 0 Å². The van der Waals surface area contributed by atoms with Crippen molar-refractivity contribution in [1.29, 1.82) is 0 Å². The summed E-state index contributed by atoms with van der Waals surface area (Å²) < 4.78 is 1.87. The number of halogens is 1. The number of hydrogen-bond donors (Lipinski definition) is 2. The summed E-state index contributed by atoms with van der Waals surface area (Å²) in [6.07, 6.45) is 3.44. The molecule has 0 aliphatic rings. The molecular formula is C13H18ClN5. The smallest absolute Gasteiger partial charge is 0.0908 e. The Bertz CT molecular complexity index is 547. The van der Waals surface area contributed by atoms with Crippen LogP contribution in [-0.4, -0.2) is 14.8 Å². The zero-order valence-electron chi connectivity index (χ0n) is 11.3. The van der Waals surface area contributed by atoms with Crippen LogP contribution >= 0.6 is 11.6 Å². The first kappa shape index (κ1) is 14.0. The van der Waals surface area contributed by atoms with E-state index in [2.05, 4.69) is 15.5 Å². The monoisotopic (exact) mass is 279 g/mol. The van der Waals surface area contributed by atoms with Gasteiger partial charge in [-0.1, -0.05) is 17.7 Å². The molecular weight excluding hydrogens is 262 g/mol. The molecule has 0 aliphatic heterocycles. The van der Waals surface area contributed by atoms with E-state index in [1.54, 1.807) is 12.4 Å². The lowest BCUT2D eigenvalue weighted by Gasteiger charge is -2.20. The minimum atomic E-state index is -0.231. The summed E-state index contributed by atoms with van der Waals surface area (Å²) in [6, 6.07) is 3.91. The molecule has 6 heteroatoms. The standard InChI is InChI=1S/C13H18ClN5/c1-8(2)19-13(11(14)7-17-19)12(18-15)10-5-4-9(3)16-6-10/h4-8,12,18H,15H2,1-3H3. The van der Waals surface area contributed by atoms with Gasteiger partial charge in [0.05, 0.1) is 23.0 Å². The first-order valence-corrected chi connectivity index (χ1v) is 6.54. The molecule has 19 heavy (non-hydrogen) atoms. The Morgan fingerprint density at radius 1 is 1.32 bits per heavy atom. The molecule has 0 spiro atoms. The third-order valence-electron chi connectivity index (χ3n) is 2.98. The van der Waals surface area contributed by atoms with Gasteiger partial charge in [-0.3, -0.25) is 15.5 Å². The van der Waals surface area contributed by atoms with Crippen molar-refractivity contribution in [3.63, 3.8) is 0 Å². The van der Waals surface area contributed by atoms with Crippen LogP contribution < -0.4 is 11.3 Å². The van der Waals surface area contributed by atoms with E-state index in [0.717, 1.165) is 17.0 Å². The molecule has 2 aromatic rings. The van der Waals surface area contributed by atoms with Gasteiger partial charge in [0, 0.05) is 17.9 Å². The zero-order chi connectivity index (χ0) is 14.0. The first-order chi connectivity index (χ1) is 9.04. The lowest BCUT2D eigenvalue weighted by Crippen LogP contribution is -2.31. The van der Waals surface area contributed by atoms with Gasteiger partial charge in [-0.05, 0) is 32.4 Å². The minimum absolute atomic E-state index is 0.205. The largest absolute Gasteiger partial charge is 0.271 e. The van der Waals surface area contributed by atoms with Crippen molar-refractivity contribution in [2.24, 2.45) is 5.84 Å². The average Bonchev–Trinajstić information content (AvgIpc) is 2.75. The molecule has 102 valence electrons. The third-order valence-corrected chi connectivity index (χ3v) is 3.28. The fourth-order valence-corrected chi connectivity index (χ4v) is 2.25. The second-order valence-electron chi connectivity index (χ2n) is 4.75. The number of nitrogens with zero attached hydrogens (tertiary/aromatic N) is 3. The number of pyridine rings is 1. The van der Waals surface area contributed by atoms with Crippen molar-refractivity contribution in [3.8, 4) is 0 Å². The summed E-state index contributed by atoms with van der Waals surface area (Å²) in [5, 5.41) is 4.89. The number of nitrogens with one attached hydrogen (secondary N) is 1. The summed E-state index contributed by atoms with van der Waals surface area (Å²) in [7, 11) is 0. The Hall–Kier alpha value is -1.43. The van der Waals surface area contributed by atoms with Gasteiger partial charge < -0.3 is 0 Å². The van der Waals surface area contributed by atoms with Crippen molar-refractivity contribution >= 4 is 11.6 Å². The molecule has 2 heterocycles. The van der Waals surface area contributed by atoms with E-state index in [0.29, 0.717) is 5.02 Å². The predicted octanol–water partition coefficient (Wildman–Crippen LogP) is 2.37. The molecule has 3 N–H and O–H groups in total. The van der Waals surface area contributed by atoms with Crippen LogP contribution in [-0.2, 0) is 0 Å². The van der Waals surface area contributed by atoms with E-state index in [4.69, 9.17) is 17.4 Å². The van der Waals surface area contributed by atoms with Crippen LogP contribution in [0.3, 0.4) is 0 Å². The average molecular weight is 280 g/mol. The summed E-state index contributed by atoms with van der Waals surface area (Å²) >= 11 is 6.24. The molecule has 0 amide bonds. The highest BCUT2D eigenvalue weighted by Gasteiger charge is 2.22. The van der Waals surface area contributed by atoms with Gasteiger partial charge in [0.25, 0.3) is 0 Å². The maximum atomic E-state index is 6.24. The molecule has 0 aliphatic carbocycles. The molecule has 1 unspecified atom stereocenters. The lowest BCUT2D eigenvalue weighted by atomic mass is 10.1. The Balaban J connectivity index is 2.47. The van der Waals surface area contributed by atoms with Crippen molar-refractivity contribution in [2.45, 2.75) is 32.9 Å². The number of aryl methyl sites for hydroxylation is 1. The highest BCUT2D eigenvalue weighted by atomic mass is 35.5. The van der Waals surface area contributed by atoms with Crippen LogP contribution in [0.1, 0.15) is 42.9 Å². The van der Waals surface area contributed by atoms with Crippen LogP contribution in [0.25, 0.3) is 0 Å². The van der Waals surface area contributed by atoms with Gasteiger partial charge in [-0.2, -0.15) is 5.10 Å². The fraction of sp³-hybridized carbons (Fsp3) is 0.385. The topological polar surface area (TPSA) is 68.8 Å². The van der Waals surface area contributed by atoms with E-state index in [9.17, 15) is 0 Å². The van der Waals surface area contributed by atoms with E-state index in [1.165, 1.54) is 0 Å². The molecule has 0 fully saturated rings. The van der Waals surface area contributed by atoms with Crippen LogP contribution in [0.5, 0.6) is 0 Å². The van der Waals surface area contributed by atoms with E-state index in [-0.39, 0.29) is 12.1 Å². The Morgan fingerprint density at radius 2 is 2.05 bits per heavy atom. The highest BCUT2D eigenvalue weighted by Crippen LogP contribution is 2.29. The quantitative estimate of drug-likeness (QED) is 0.666. The fourth-order valence-electron chi connectivity index (χ4n) is 2.02. The Morgan fingerprint density at radius 3 is 2.58 bits per heavy atom. The number of rotatable bonds is 4. The van der Waals surface area contributed by atoms with E-state index >= 15 is 0 Å². The lowest BCUT2D eigenvalue weighted by molar-refractivity contribution is 0.476.